The first-order valence-corrected chi connectivity index (χ1v) is 4.86. The number of nitrogens with zero attached hydrogens (tertiary/aromatic N) is 1. The van der Waals surface area contributed by atoms with Gasteiger partial charge in [-0.1, -0.05) is 12.1 Å². The van der Waals surface area contributed by atoms with E-state index >= 15 is 0 Å². The van der Waals surface area contributed by atoms with Gasteiger partial charge in [-0.05, 0) is 12.1 Å². The average Bonchev–Trinajstić information content (AvgIpc) is 2.33. The van der Waals surface area contributed by atoms with Crippen LogP contribution < -0.4 is 5.73 Å². The Kier molecular flexibility index (Phi) is 2.66. The first-order chi connectivity index (χ1) is 8.09. The minimum atomic E-state index is -1.07. The number of benzene rings is 1. The third-order valence-electron chi connectivity index (χ3n) is 2.36. The van der Waals surface area contributed by atoms with Crippen molar-refractivity contribution in [3.63, 3.8) is 0 Å². The van der Waals surface area contributed by atoms with Crippen molar-refractivity contribution < 1.29 is 15.0 Å². The van der Waals surface area contributed by atoms with Crippen LogP contribution in [0.15, 0.2) is 36.7 Å². The lowest BCUT2D eigenvalue weighted by Crippen LogP contribution is -1.97. The Balaban J connectivity index is 2.57. The van der Waals surface area contributed by atoms with Crippen molar-refractivity contribution in [1.29, 1.82) is 0 Å². The van der Waals surface area contributed by atoms with Crippen molar-refractivity contribution in [3.8, 4) is 16.9 Å². The number of rotatable bonds is 2. The maximum absolute atomic E-state index is 10.8. The van der Waals surface area contributed by atoms with Gasteiger partial charge in [-0.2, -0.15) is 0 Å². The van der Waals surface area contributed by atoms with E-state index in [-0.39, 0.29) is 17.0 Å². The molecule has 0 atom stereocenters. The summed E-state index contributed by atoms with van der Waals surface area (Å²) >= 11 is 0. The highest BCUT2D eigenvalue weighted by Gasteiger charge is 2.10. The van der Waals surface area contributed by atoms with Crippen molar-refractivity contribution in [2.45, 2.75) is 0 Å². The molecule has 0 aliphatic rings. The van der Waals surface area contributed by atoms with Crippen LogP contribution >= 0.6 is 0 Å². The van der Waals surface area contributed by atoms with Gasteiger partial charge in [0.05, 0.1) is 11.3 Å². The smallest absolute Gasteiger partial charge is 0.337 e. The normalized spacial score (nSPS) is 10.1. The summed E-state index contributed by atoms with van der Waals surface area (Å²) in [4.78, 5) is 14.6. The first kappa shape index (κ1) is 10.9. The highest BCUT2D eigenvalue weighted by molar-refractivity contribution is 5.89. The lowest BCUT2D eigenvalue weighted by atomic mass is 10.0. The fourth-order valence-corrected chi connectivity index (χ4v) is 1.50. The van der Waals surface area contributed by atoms with Crippen LogP contribution in [0.4, 0.5) is 5.69 Å². The lowest BCUT2D eigenvalue weighted by molar-refractivity contribution is 0.0696. The van der Waals surface area contributed by atoms with Crippen LogP contribution in [0.5, 0.6) is 5.75 Å². The van der Waals surface area contributed by atoms with Gasteiger partial charge in [-0.3, -0.25) is 4.98 Å². The summed E-state index contributed by atoms with van der Waals surface area (Å²) in [6.07, 6.45) is 2.72. The second-order valence-corrected chi connectivity index (χ2v) is 3.51. The van der Waals surface area contributed by atoms with Crippen LogP contribution in [-0.4, -0.2) is 21.2 Å². The standard InChI is InChI=1S/C12H10N2O3/c13-10-3-1-2-9(11(10)15)7-4-8(12(16)17)6-14-5-7/h1-6,15H,13H2,(H,16,17). The molecule has 4 N–H and O–H groups in total. The van der Waals surface area contributed by atoms with E-state index in [1.54, 1.807) is 18.2 Å². The Hall–Kier alpha value is -2.56. The molecule has 5 heteroatoms. The molecule has 0 saturated carbocycles. The fraction of sp³-hybridized carbons (Fsp3) is 0. The molecule has 2 rings (SSSR count). The highest BCUT2D eigenvalue weighted by Crippen LogP contribution is 2.33. The van der Waals surface area contributed by atoms with Gasteiger partial charge in [0.25, 0.3) is 0 Å². The van der Waals surface area contributed by atoms with Gasteiger partial charge in [-0.25, -0.2) is 4.79 Å². The van der Waals surface area contributed by atoms with E-state index in [9.17, 15) is 9.90 Å². The van der Waals surface area contributed by atoms with Gasteiger partial charge in [-0.15, -0.1) is 0 Å². The summed E-state index contributed by atoms with van der Waals surface area (Å²) in [5, 5.41) is 18.6. The number of aromatic nitrogens is 1. The van der Waals surface area contributed by atoms with Crippen LogP contribution in [0, 0.1) is 0 Å². The van der Waals surface area contributed by atoms with E-state index in [0.29, 0.717) is 11.1 Å². The summed E-state index contributed by atoms with van der Waals surface area (Å²) in [7, 11) is 0. The molecular weight excluding hydrogens is 220 g/mol. The molecule has 0 fully saturated rings. The minimum absolute atomic E-state index is 0.0596. The van der Waals surface area contributed by atoms with E-state index in [1.807, 2.05) is 0 Å². The number of anilines is 1. The number of phenolic OH excluding ortho intramolecular Hbond substituents is 1. The third kappa shape index (κ3) is 2.03. The Bertz CT molecular complexity index is 582. The van der Waals surface area contributed by atoms with Crippen LogP contribution in [-0.2, 0) is 0 Å². The number of pyridine rings is 1. The zero-order valence-corrected chi connectivity index (χ0v) is 8.79. The minimum Gasteiger partial charge on any atom is -0.505 e. The van der Waals surface area contributed by atoms with Gasteiger partial charge in [0, 0.05) is 23.5 Å². The van der Waals surface area contributed by atoms with Crippen molar-refractivity contribution in [3.05, 3.63) is 42.2 Å². The SMILES string of the molecule is Nc1cccc(-c2cncc(C(=O)O)c2)c1O. The number of aromatic hydroxyl groups is 1. The van der Waals surface area contributed by atoms with Crippen LogP contribution in [0.3, 0.4) is 0 Å². The third-order valence-corrected chi connectivity index (χ3v) is 2.36. The molecule has 0 radical (unpaired) electrons. The number of phenols is 1. The predicted molar refractivity (Wildman–Crippen MR) is 62.7 cm³/mol. The molecule has 1 aromatic carbocycles. The van der Waals surface area contributed by atoms with E-state index in [4.69, 9.17) is 10.8 Å². The molecule has 0 aliphatic carbocycles. The number of carboxylic acids is 1. The van der Waals surface area contributed by atoms with E-state index in [1.165, 1.54) is 18.5 Å². The van der Waals surface area contributed by atoms with Crippen molar-refractivity contribution in [2.75, 3.05) is 5.73 Å². The predicted octanol–water partition coefficient (Wildman–Crippen LogP) is 1.73. The lowest BCUT2D eigenvalue weighted by Gasteiger charge is -2.07. The molecule has 0 bridgehead atoms. The molecule has 0 aliphatic heterocycles. The van der Waals surface area contributed by atoms with Crippen molar-refractivity contribution in [2.24, 2.45) is 0 Å². The monoisotopic (exact) mass is 230 g/mol. The summed E-state index contributed by atoms with van der Waals surface area (Å²) in [6.45, 7) is 0. The average molecular weight is 230 g/mol. The number of carboxylic acid groups (broad SMARTS) is 1. The Morgan fingerprint density at radius 2 is 2.06 bits per heavy atom. The maximum atomic E-state index is 10.8. The van der Waals surface area contributed by atoms with Gasteiger partial charge >= 0.3 is 5.97 Å². The molecule has 0 amide bonds. The fourth-order valence-electron chi connectivity index (χ4n) is 1.50. The number of nitrogens with two attached hydrogens (primary N) is 1. The molecule has 0 saturated heterocycles. The highest BCUT2D eigenvalue weighted by atomic mass is 16.4. The molecule has 5 nitrogen and oxygen atoms in total. The number of hydrogen-bond donors (Lipinski definition) is 3. The van der Waals surface area contributed by atoms with Gasteiger partial charge in [0.2, 0.25) is 0 Å². The van der Waals surface area contributed by atoms with Gasteiger partial charge in [0.1, 0.15) is 5.75 Å². The molecule has 1 heterocycles. The van der Waals surface area contributed by atoms with Gasteiger partial charge in [0.15, 0.2) is 0 Å². The molecule has 1 aromatic heterocycles. The molecule has 0 spiro atoms. The Morgan fingerprint density at radius 3 is 2.76 bits per heavy atom. The van der Waals surface area contributed by atoms with E-state index < -0.39 is 5.97 Å². The van der Waals surface area contributed by atoms with Crippen LogP contribution in [0.1, 0.15) is 10.4 Å². The molecular formula is C12H10N2O3. The quantitative estimate of drug-likeness (QED) is 0.539. The van der Waals surface area contributed by atoms with Crippen molar-refractivity contribution in [1.82, 2.24) is 4.98 Å². The summed E-state index contributed by atoms with van der Waals surface area (Å²) in [6, 6.07) is 6.32. The Labute approximate surface area is 97.2 Å². The van der Waals surface area contributed by atoms with Crippen molar-refractivity contribution >= 4 is 11.7 Å². The number of para-hydroxylation sites is 1. The number of aromatic carboxylic acids is 1. The molecule has 2 aromatic rings. The van der Waals surface area contributed by atoms with Crippen LogP contribution in [0.25, 0.3) is 11.1 Å². The first-order valence-electron chi connectivity index (χ1n) is 4.86. The van der Waals surface area contributed by atoms with Gasteiger partial charge < -0.3 is 15.9 Å². The zero-order valence-electron chi connectivity index (χ0n) is 8.79. The number of hydrogen-bond acceptors (Lipinski definition) is 4. The number of nitrogen functional groups attached to an aromatic ring is 1. The molecule has 86 valence electrons. The second-order valence-electron chi connectivity index (χ2n) is 3.51. The summed E-state index contributed by atoms with van der Waals surface area (Å²) in [5.74, 6) is -1.14. The zero-order chi connectivity index (χ0) is 12.4. The molecule has 0 unspecified atom stereocenters. The summed E-state index contributed by atoms with van der Waals surface area (Å²) in [5.41, 5.74) is 6.84. The second kappa shape index (κ2) is 4.13. The van der Waals surface area contributed by atoms with Crippen LogP contribution in [0.2, 0.25) is 0 Å². The van der Waals surface area contributed by atoms with E-state index in [0.717, 1.165) is 0 Å². The molecule has 17 heavy (non-hydrogen) atoms. The number of carbonyl (C=O) groups is 1. The topological polar surface area (TPSA) is 96.4 Å². The maximum Gasteiger partial charge on any atom is 0.337 e. The Morgan fingerprint density at radius 1 is 1.29 bits per heavy atom. The summed E-state index contributed by atoms with van der Waals surface area (Å²) < 4.78 is 0. The largest absolute Gasteiger partial charge is 0.505 e. The van der Waals surface area contributed by atoms with E-state index in [2.05, 4.69) is 4.98 Å².